The molecule has 3 aromatic rings. The second-order valence-electron chi connectivity index (χ2n) is 6.59. The van der Waals surface area contributed by atoms with Gasteiger partial charge in [-0.15, -0.1) is 0 Å². The number of aromatic carboxylic acids is 1. The molecule has 0 aromatic heterocycles. The lowest BCUT2D eigenvalue weighted by atomic mass is 10.1. The van der Waals surface area contributed by atoms with Gasteiger partial charge in [-0.05, 0) is 66.1 Å². The first kappa shape index (κ1) is 20.6. The molecule has 0 heterocycles. The van der Waals surface area contributed by atoms with Crippen molar-refractivity contribution in [1.82, 2.24) is 0 Å². The van der Waals surface area contributed by atoms with Crippen LogP contribution >= 0.6 is 11.6 Å². The van der Waals surface area contributed by atoms with Crippen molar-refractivity contribution < 1.29 is 19.4 Å². The molecule has 29 heavy (non-hydrogen) atoms. The SMILES string of the molecule is COc1cc(CNc2ccc(C(=O)O)cc2C)ccc1OCc1cccc(Cl)c1. The average molecular weight is 412 g/mol. The molecule has 0 atom stereocenters. The maximum absolute atomic E-state index is 11.1. The van der Waals surface area contributed by atoms with Crippen LogP contribution < -0.4 is 14.8 Å². The molecule has 0 unspecified atom stereocenters. The molecule has 0 fully saturated rings. The van der Waals surface area contributed by atoms with E-state index in [1.807, 2.05) is 49.4 Å². The zero-order valence-corrected chi connectivity index (χ0v) is 17.0. The summed E-state index contributed by atoms with van der Waals surface area (Å²) >= 11 is 6.01. The topological polar surface area (TPSA) is 67.8 Å². The van der Waals surface area contributed by atoms with Gasteiger partial charge in [0.1, 0.15) is 6.61 Å². The van der Waals surface area contributed by atoms with Crippen molar-refractivity contribution in [3.05, 3.63) is 87.9 Å². The molecule has 0 spiro atoms. The summed E-state index contributed by atoms with van der Waals surface area (Å²) in [7, 11) is 1.60. The van der Waals surface area contributed by atoms with Gasteiger partial charge in [-0.3, -0.25) is 0 Å². The Hall–Kier alpha value is -3.18. The molecule has 2 N–H and O–H groups in total. The first-order valence-electron chi connectivity index (χ1n) is 9.08. The Labute approximate surface area is 174 Å². The molecule has 0 radical (unpaired) electrons. The van der Waals surface area contributed by atoms with Gasteiger partial charge in [-0.2, -0.15) is 0 Å². The van der Waals surface area contributed by atoms with E-state index in [2.05, 4.69) is 5.32 Å². The molecular formula is C23H22ClNO4. The van der Waals surface area contributed by atoms with E-state index in [0.717, 1.165) is 22.4 Å². The molecule has 3 aromatic carbocycles. The van der Waals surface area contributed by atoms with Crippen molar-refractivity contribution in [3.8, 4) is 11.5 Å². The number of carboxylic acid groups (broad SMARTS) is 1. The molecule has 6 heteroatoms. The largest absolute Gasteiger partial charge is 0.493 e. The van der Waals surface area contributed by atoms with E-state index in [1.165, 1.54) is 0 Å². The maximum atomic E-state index is 11.1. The third kappa shape index (κ3) is 5.42. The fourth-order valence-electron chi connectivity index (χ4n) is 2.92. The van der Waals surface area contributed by atoms with Crippen LogP contribution in [0.4, 0.5) is 5.69 Å². The predicted molar refractivity (Wildman–Crippen MR) is 114 cm³/mol. The smallest absolute Gasteiger partial charge is 0.335 e. The van der Waals surface area contributed by atoms with E-state index in [1.54, 1.807) is 25.3 Å². The number of carbonyl (C=O) groups is 1. The number of hydrogen-bond acceptors (Lipinski definition) is 4. The van der Waals surface area contributed by atoms with Gasteiger partial charge in [-0.1, -0.05) is 29.8 Å². The molecule has 3 rings (SSSR count). The van der Waals surface area contributed by atoms with Crippen molar-refractivity contribution in [2.24, 2.45) is 0 Å². The second kappa shape index (κ2) is 9.34. The highest BCUT2D eigenvalue weighted by Gasteiger charge is 2.09. The highest BCUT2D eigenvalue weighted by atomic mass is 35.5. The Bertz CT molecular complexity index is 1020. The van der Waals surface area contributed by atoms with Gasteiger partial charge in [0.25, 0.3) is 0 Å². The Morgan fingerprint density at radius 3 is 2.55 bits per heavy atom. The van der Waals surface area contributed by atoms with E-state index in [0.29, 0.717) is 29.7 Å². The number of carboxylic acids is 1. The maximum Gasteiger partial charge on any atom is 0.335 e. The van der Waals surface area contributed by atoms with Crippen LogP contribution in [0.2, 0.25) is 5.02 Å². The Balaban J connectivity index is 1.66. The first-order chi connectivity index (χ1) is 14.0. The summed E-state index contributed by atoms with van der Waals surface area (Å²) in [4.78, 5) is 11.1. The summed E-state index contributed by atoms with van der Waals surface area (Å²) in [6, 6.07) is 18.3. The van der Waals surface area contributed by atoms with Crippen molar-refractivity contribution in [2.45, 2.75) is 20.1 Å². The van der Waals surface area contributed by atoms with Crippen molar-refractivity contribution >= 4 is 23.3 Å². The van der Waals surface area contributed by atoms with E-state index in [-0.39, 0.29) is 5.56 Å². The van der Waals surface area contributed by atoms with Crippen LogP contribution in [-0.4, -0.2) is 18.2 Å². The van der Waals surface area contributed by atoms with Crippen LogP contribution in [0.15, 0.2) is 60.7 Å². The number of halogens is 1. The Morgan fingerprint density at radius 2 is 1.86 bits per heavy atom. The fraction of sp³-hybridized carbons (Fsp3) is 0.174. The molecule has 5 nitrogen and oxygen atoms in total. The zero-order valence-electron chi connectivity index (χ0n) is 16.2. The van der Waals surface area contributed by atoms with E-state index < -0.39 is 5.97 Å². The van der Waals surface area contributed by atoms with Crippen molar-refractivity contribution in [1.29, 1.82) is 0 Å². The lowest BCUT2D eigenvalue weighted by Crippen LogP contribution is -2.04. The lowest BCUT2D eigenvalue weighted by Gasteiger charge is -2.14. The number of nitrogens with one attached hydrogen (secondary N) is 1. The Kier molecular flexibility index (Phi) is 6.62. The second-order valence-corrected chi connectivity index (χ2v) is 7.03. The molecule has 0 aliphatic carbocycles. The highest BCUT2D eigenvalue weighted by Crippen LogP contribution is 2.29. The number of methoxy groups -OCH3 is 1. The number of hydrogen-bond donors (Lipinski definition) is 2. The van der Waals surface area contributed by atoms with Crippen LogP contribution in [0.3, 0.4) is 0 Å². The molecule has 150 valence electrons. The van der Waals surface area contributed by atoms with Gasteiger partial charge in [0.05, 0.1) is 12.7 Å². The minimum Gasteiger partial charge on any atom is -0.493 e. The molecule has 0 saturated carbocycles. The third-order valence-corrected chi connectivity index (χ3v) is 4.70. The highest BCUT2D eigenvalue weighted by molar-refractivity contribution is 6.30. The fourth-order valence-corrected chi connectivity index (χ4v) is 3.13. The molecule has 0 bridgehead atoms. The minimum atomic E-state index is -0.933. The summed E-state index contributed by atoms with van der Waals surface area (Å²) in [5, 5.41) is 13.1. The number of anilines is 1. The van der Waals surface area contributed by atoms with Gasteiger partial charge in [0, 0.05) is 17.3 Å². The first-order valence-corrected chi connectivity index (χ1v) is 9.46. The van der Waals surface area contributed by atoms with Crippen LogP contribution in [-0.2, 0) is 13.2 Å². The van der Waals surface area contributed by atoms with Crippen LogP contribution in [0, 0.1) is 6.92 Å². The van der Waals surface area contributed by atoms with Crippen LogP contribution in [0.1, 0.15) is 27.0 Å². The van der Waals surface area contributed by atoms with Gasteiger partial charge in [-0.25, -0.2) is 4.79 Å². The molecule has 0 saturated heterocycles. The molecule has 0 aliphatic rings. The summed E-state index contributed by atoms with van der Waals surface area (Å²) in [6.07, 6.45) is 0. The number of benzene rings is 3. The summed E-state index contributed by atoms with van der Waals surface area (Å²) in [6.45, 7) is 2.84. The average Bonchev–Trinajstić information content (AvgIpc) is 2.71. The monoisotopic (exact) mass is 411 g/mol. The van der Waals surface area contributed by atoms with Crippen LogP contribution in [0.5, 0.6) is 11.5 Å². The molecule has 0 amide bonds. The van der Waals surface area contributed by atoms with Gasteiger partial charge in [0.15, 0.2) is 11.5 Å². The number of ether oxygens (including phenoxy) is 2. The summed E-state index contributed by atoms with van der Waals surface area (Å²) in [5.74, 6) is 0.361. The third-order valence-electron chi connectivity index (χ3n) is 4.47. The quantitative estimate of drug-likeness (QED) is 0.509. The molecular weight excluding hydrogens is 390 g/mol. The van der Waals surface area contributed by atoms with Gasteiger partial charge in [0.2, 0.25) is 0 Å². The minimum absolute atomic E-state index is 0.274. The van der Waals surface area contributed by atoms with E-state index in [9.17, 15) is 4.79 Å². The standard InChI is InChI=1S/C23H22ClNO4/c1-15-10-18(23(26)27)7-8-20(15)25-13-16-6-9-21(22(12-16)28-2)29-14-17-4-3-5-19(24)11-17/h3-12,25H,13-14H2,1-2H3,(H,26,27). The van der Waals surface area contributed by atoms with Crippen molar-refractivity contribution in [3.63, 3.8) is 0 Å². The van der Waals surface area contributed by atoms with Gasteiger partial charge >= 0.3 is 5.97 Å². The molecule has 0 aliphatic heterocycles. The summed E-state index contributed by atoms with van der Waals surface area (Å²) in [5.41, 5.74) is 4.02. The van der Waals surface area contributed by atoms with E-state index >= 15 is 0 Å². The normalized spacial score (nSPS) is 10.4. The number of aryl methyl sites for hydroxylation is 1. The van der Waals surface area contributed by atoms with Crippen LogP contribution in [0.25, 0.3) is 0 Å². The Morgan fingerprint density at radius 1 is 1.03 bits per heavy atom. The van der Waals surface area contributed by atoms with Crippen molar-refractivity contribution in [2.75, 3.05) is 12.4 Å². The lowest BCUT2D eigenvalue weighted by molar-refractivity contribution is 0.0697. The zero-order chi connectivity index (χ0) is 20.8. The summed E-state index contributed by atoms with van der Waals surface area (Å²) < 4.78 is 11.4. The number of rotatable bonds is 8. The van der Waals surface area contributed by atoms with E-state index in [4.69, 9.17) is 26.2 Å². The predicted octanol–water partition coefficient (Wildman–Crippen LogP) is 5.55. The van der Waals surface area contributed by atoms with Gasteiger partial charge < -0.3 is 19.9 Å².